The average molecular weight is 749 g/mol. The number of aliphatic hydroxyl groups is 3. The molecule has 0 amide bonds. The minimum Gasteiger partial charge on any atom is -0.461 e. The normalized spacial score (nSPS) is 50.9. The molecular weight excluding hydrogens is 704 g/mol. The van der Waals surface area contributed by atoms with Crippen LogP contribution >= 0.6 is 0 Å². The minimum absolute atomic E-state index is 0.0545. The maximum atomic E-state index is 14.5. The van der Waals surface area contributed by atoms with Crippen molar-refractivity contribution in [2.24, 2.45) is 46.3 Å². The largest absolute Gasteiger partial charge is 0.461 e. The molecule has 5 saturated carbocycles. The van der Waals surface area contributed by atoms with Crippen LogP contribution in [0.15, 0.2) is 45.1 Å². The predicted octanol–water partition coefficient (Wildman–Crippen LogP) is 1.65. The maximum absolute atomic E-state index is 14.5. The molecule has 0 aromatic heterocycles. The van der Waals surface area contributed by atoms with Crippen LogP contribution in [0.4, 0.5) is 0 Å². The van der Waals surface area contributed by atoms with E-state index in [-0.39, 0.29) is 84.9 Å². The third-order valence-electron chi connectivity index (χ3n) is 15.9. The summed E-state index contributed by atoms with van der Waals surface area (Å²) in [6, 6.07) is 0. The third-order valence-corrected chi connectivity index (χ3v) is 15.9. The zero-order valence-electron chi connectivity index (χ0n) is 30.8. The second-order valence-electron chi connectivity index (χ2n) is 17.8. The Morgan fingerprint density at radius 1 is 0.815 bits per heavy atom. The van der Waals surface area contributed by atoms with Crippen LogP contribution in [-0.4, -0.2) is 101 Å². The van der Waals surface area contributed by atoms with Gasteiger partial charge >= 0.3 is 29.8 Å². The molecule has 0 saturated heterocycles. The lowest BCUT2D eigenvalue weighted by molar-refractivity contribution is -0.256. The maximum Gasteiger partial charge on any atom is 0.338 e. The molecule has 13 atom stereocenters. The molecule has 10 rings (SSSR count). The van der Waals surface area contributed by atoms with Gasteiger partial charge in [0.15, 0.2) is 5.60 Å². The summed E-state index contributed by atoms with van der Waals surface area (Å²) in [6.45, 7) is 5.97. The lowest BCUT2D eigenvalue weighted by Gasteiger charge is -2.64. The summed E-state index contributed by atoms with van der Waals surface area (Å²) in [5.41, 5.74) is -4.64. The number of hydrogen-bond acceptors (Lipinski definition) is 14. The number of methoxy groups -OCH3 is 1. The van der Waals surface area contributed by atoms with Crippen LogP contribution in [0.5, 0.6) is 0 Å². The van der Waals surface area contributed by atoms with Gasteiger partial charge in [-0.05, 0) is 85.8 Å². The van der Waals surface area contributed by atoms with Crippen molar-refractivity contribution >= 4 is 29.8 Å². The van der Waals surface area contributed by atoms with Crippen molar-refractivity contribution in [1.82, 2.24) is 0 Å². The molecule has 0 unspecified atom stereocenters. The van der Waals surface area contributed by atoms with Gasteiger partial charge in [-0.1, -0.05) is 13.8 Å². The van der Waals surface area contributed by atoms with Crippen molar-refractivity contribution < 1.29 is 67.7 Å². The Hall–Kier alpha value is -3.85. The first-order chi connectivity index (χ1) is 25.5. The Kier molecular flexibility index (Phi) is 6.61. The number of esters is 5. The van der Waals surface area contributed by atoms with Crippen molar-refractivity contribution in [1.29, 1.82) is 0 Å². The van der Waals surface area contributed by atoms with Crippen LogP contribution in [0, 0.1) is 46.3 Å². The van der Waals surface area contributed by atoms with Crippen LogP contribution < -0.4 is 0 Å². The molecule has 54 heavy (non-hydrogen) atoms. The van der Waals surface area contributed by atoms with E-state index in [1.807, 2.05) is 6.92 Å². The number of carbonyl (C=O) groups is 5. The number of ether oxygens (including phenoxy) is 6. The molecule has 7 aliphatic carbocycles. The first kappa shape index (κ1) is 34.6. The van der Waals surface area contributed by atoms with Gasteiger partial charge in [-0.15, -0.1) is 0 Å². The van der Waals surface area contributed by atoms with E-state index in [0.29, 0.717) is 29.6 Å². The van der Waals surface area contributed by atoms with E-state index >= 15 is 0 Å². The second-order valence-corrected chi connectivity index (χ2v) is 17.8. The number of rotatable bonds is 1. The molecule has 0 aromatic rings. The first-order valence-electron chi connectivity index (χ1n) is 19.0. The summed E-state index contributed by atoms with van der Waals surface area (Å²) in [5.74, 6) is -7.65. The molecular formula is C40H44O14. The fraction of sp³-hybridized carbons (Fsp3) is 0.675. The summed E-state index contributed by atoms with van der Waals surface area (Å²) in [5, 5.41) is 38.3. The third kappa shape index (κ3) is 3.70. The van der Waals surface area contributed by atoms with Crippen LogP contribution in [-0.2, 0) is 52.4 Å². The number of hydrogen-bond donors (Lipinski definition) is 3. The molecule has 14 nitrogen and oxygen atoms in total. The van der Waals surface area contributed by atoms with E-state index in [9.17, 15) is 39.3 Å². The Balaban J connectivity index is 1.22. The molecule has 10 aliphatic rings. The summed E-state index contributed by atoms with van der Waals surface area (Å²) in [6.07, 6.45) is 0.814. The Morgan fingerprint density at radius 2 is 1.52 bits per heavy atom. The molecule has 14 heteroatoms. The number of cyclic esters (lactones) is 3. The van der Waals surface area contributed by atoms with E-state index in [1.54, 1.807) is 6.92 Å². The fourth-order valence-corrected chi connectivity index (χ4v) is 13.4. The van der Waals surface area contributed by atoms with Crippen molar-refractivity contribution in [3.63, 3.8) is 0 Å². The highest BCUT2D eigenvalue weighted by atomic mass is 16.7. The van der Waals surface area contributed by atoms with Gasteiger partial charge in [0.2, 0.25) is 0 Å². The van der Waals surface area contributed by atoms with Crippen LogP contribution in [0.1, 0.15) is 66.2 Å². The summed E-state index contributed by atoms with van der Waals surface area (Å²) >= 11 is 0. The molecule has 1 spiro atoms. The lowest BCUT2D eigenvalue weighted by atomic mass is 9.42. The van der Waals surface area contributed by atoms with Crippen LogP contribution in [0.2, 0.25) is 0 Å². The number of fused-ring (bicyclic) bond motifs is 9. The summed E-state index contributed by atoms with van der Waals surface area (Å²) in [7, 11) is 1.35. The Morgan fingerprint density at radius 3 is 2.24 bits per heavy atom. The Labute approximate surface area is 310 Å². The van der Waals surface area contributed by atoms with Gasteiger partial charge in [-0.2, -0.15) is 0 Å². The first-order valence-corrected chi connectivity index (χ1v) is 19.0. The molecule has 3 heterocycles. The standard InChI is InChI=1S/C40H44O14/c1-16-8-9-50-26(41)6-7-27(42)51-14-18-19-12-24-35(3,20-10-23(20)38(24,48)15-52-31(16)43)25-13-37(47)22-11-21(22)36(4)30(37)29(39(19,25)53-33(18)45)28-17(2)32(44)54-40(28,49-5)34(36)46/h8,20-25,34,46-48H,6-7,9-15H2,1-5H3/b16-8+/t20-,21-,22+,23+,24+,25+,34-,35+,36+,37+,38+,39+,40-/m1/s1. The molecule has 0 radical (unpaired) electrons. The monoisotopic (exact) mass is 748 g/mol. The van der Waals surface area contributed by atoms with Gasteiger partial charge in [0.05, 0.1) is 24.0 Å². The minimum atomic E-state index is -1.97. The van der Waals surface area contributed by atoms with Crippen molar-refractivity contribution in [2.45, 2.75) is 94.9 Å². The molecule has 288 valence electrons. The average Bonchev–Trinajstić information content (AvgIpc) is 4.04. The van der Waals surface area contributed by atoms with E-state index in [2.05, 4.69) is 6.92 Å². The SMILES string of the molecule is CO[C@@]12OC(=O)C(C)=C1C1=C3[C@](C)([C@@H]4C[C@@H]4[C@@]3(O)C[C@@H]3[C@]14OC(=O)C1=C4C[C@@H]4[C@](O)(COC(=O)/C(C)=C/COC(=O)CCC(=O)OC1)[C@H]1C[C@H]1[C@]34C)[C@H]2O. The van der Waals surface area contributed by atoms with Crippen molar-refractivity contribution in [3.05, 3.63) is 45.1 Å². The molecule has 3 aliphatic heterocycles. The van der Waals surface area contributed by atoms with Gasteiger partial charge in [0.1, 0.15) is 31.5 Å². The van der Waals surface area contributed by atoms with Gasteiger partial charge in [-0.3, -0.25) is 9.59 Å². The quantitative estimate of drug-likeness (QED) is 0.258. The van der Waals surface area contributed by atoms with Gasteiger partial charge in [0, 0.05) is 46.7 Å². The Bertz CT molecular complexity index is 2040. The van der Waals surface area contributed by atoms with Gasteiger partial charge < -0.3 is 43.7 Å². The van der Waals surface area contributed by atoms with Crippen LogP contribution in [0.25, 0.3) is 0 Å². The molecule has 3 N–H and O–H groups in total. The van der Waals surface area contributed by atoms with E-state index in [1.165, 1.54) is 20.1 Å². The highest BCUT2D eigenvalue weighted by Crippen LogP contribution is 2.85. The highest BCUT2D eigenvalue weighted by molar-refractivity contribution is 5.98. The smallest absolute Gasteiger partial charge is 0.338 e. The summed E-state index contributed by atoms with van der Waals surface area (Å²) in [4.78, 5) is 66.7. The molecule has 2 bridgehead atoms. The van der Waals surface area contributed by atoms with Crippen molar-refractivity contribution in [2.75, 3.05) is 26.9 Å². The zero-order valence-corrected chi connectivity index (χ0v) is 30.8. The van der Waals surface area contributed by atoms with Crippen LogP contribution in [0.3, 0.4) is 0 Å². The second kappa shape index (κ2) is 10.3. The molecule has 0 aromatic carbocycles. The van der Waals surface area contributed by atoms with Gasteiger partial charge in [0.25, 0.3) is 5.79 Å². The number of carbonyl (C=O) groups excluding carboxylic acids is 5. The summed E-state index contributed by atoms with van der Waals surface area (Å²) < 4.78 is 35.4. The van der Waals surface area contributed by atoms with E-state index < -0.39 is 87.8 Å². The predicted molar refractivity (Wildman–Crippen MR) is 179 cm³/mol. The van der Waals surface area contributed by atoms with E-state index in [4.69, 9.17) is 28.4 Å². The van der Waals surface area contributed by atoms with Crippen molar-refractivity contribution in [3.8, 4) is 0 Å². The zero-order chi connectivity index (χ0) is 38.3. The van der Waals surface area contributed by atoms with E-state index in [0.717, 1.165) is 0 Å². The van der Waals surface area contributed by atoms with Gasteiger partial charge in [-0.25, -0.2) is 14.4 Å². The fourth-order valence-electron chi connectivity index (χ4n) is 13.4. The molecule has 5 fully saturated rings. The number of aliphatic hydroxyl groups excluding tert-OH is 1. The lowest BCUT2D eigenvalue weighted by Crippen LogP contribution is -2.69. The highest BCUT2D eigenvalue weighted by Gasteiger charge is 2.87. The topological polar surface area (TPSA) is 201 Å².